The van der Waals surface area contributed by atoms with Crippen LogP contribution >= 0.6 is 12.4 Å². The smallest absolute Gasteiger partial charge is 0.337 e. The molecule has 0 saturated carbocycles. The van der Waals surface area contributed by atoms with Crippen LogP contribution in [0.5, 0.6) is 0 Å². The highest BCUT2D eigenvalue weighted by molar-refractivity contribution is 5.89. The van der Waals surface area contributed by atoms with Crippen LogP contribution in [0.4, 0.5) is 0 Å². The molecule has 5 nitrogen and oxygen atoms in total. The van der Waals surface area contributed by atoms with Crippen LogP contribution in [0.3, 0.4) is 0 Å². The molecule has 0 fully saturated rings. The van der Waals surface area contributed by atoms with Crippen LogP contribution < -0.4 is 5.73 Å². The Balaban J connectivity index is 0.00000256. The molecular formula is C11H14ClNO4. The van der Waals surface area contributed by atoms with Gasteiger partial charge in [-0.3, -0.25) is 4.79 Å². The molecule has 0 bridgehead atoms. The Morgan fingerprint density at radius 1 is 1.12 bits per heavy atom. The number of carbonyl (C=O) groups is 2. The number of ether oxygens (including phenoxy) is 2. The van der Waals surface area contributed by atoms with E-state index in [1.807, 2.05) is 0 Å². The molecule has 0 aliphatic heterocycles. The average Bonchev–Trinajstić information content (AvgIpc) is 2.36. The lowest BCUT2D eigenvalue weighted by molar-refractivity contribution is -0.142. The Morgan fingerprint density at radius 2 is 1.65 bits per heavy atom. The summed E-state index contributed by atoms with van der Waals surface area (Å²) in [5, 5.41) is 0. The summed E-state index contributed by atoms with van der Waals surface area (Å²) in [4.78, 5) is 22.3. The predicted octanol–water partition coefficient (Wildman–Crippen LogP) is 1.07. The van der Waals surface area contributed by atoms with Gasteiger partial charge in [-0.25, -0.2) is 4.79 Å². The van der Waals surface area contributed by atoms with E-state index in [0.717, 1.165) is 0 Å². The van der Waals surface area contributed by atoms with E-state index in [2.05, 4.69) is 9.47 Å². The fraction of sp³-hybridized carbons (Fsp3) is 0.273. The molecular weight excluding hydrogens is 246 g/mol. The lowest BCUT2D eigenvalue weighted by Gasteiger charge is -2.09. The van der Waals surface area contributed by atoms with Crippen molar-refractivity contribution in [1.82, 2.24) is 0 Å². The molecule has 2 N–H and O–H groups in total. The number of esters is 2. The summed E-state index contributed by atoms with van der Waals surface area (Å²) in [5.41, 5.74) is 6.61. The van der Waals surface area contributed by atoms with E-state index in [1.165, 1.54) is 14.2 Å². The lowest BCUT2D eigenvalue weighted by Crippen LogP contribution is -2.22. The monoisotopic (exact) mass is 259 g/mol. The van der Waals surface area contributed by atoms with Crippen molar-refractivity contribution in [3.05, 3.63) is 35.4 Å². The summed E-state index contributed by atoms with van der Waals surface area (Å²) in [6.45, 7) is 0. The molecule has 1 atom stereocenters. The lowest BCUT2D eigenvalue weighted by atomic mass is 10.1. The van der Waals surface area contributed by atoms with Crippen molar-refractivity contribution in [3.8, 4) is 0 Å². The molecule has 0 aliphatic carbocycles. The molecule has 1 aromatic rings. The first-order chi connectivity index (χ1) is 7.60. The van der Waals surface area contributed by atoms with Gasteiger partial charge in [-0.2, -0.15) is 0 Å². The highest BCUT2D eigenvalue weighted by Crippen LogP contribution is 2.13. The van der Waals surface area contributed by atoms with Crippen molar-refractivity contribution in [3.63, 3.8) is 0 Å². The molecule has 0 unspecified atom stereocenters. The van der Waals surface area contributed by atoms with Gasteiger partial charge >= 0.3 is 11.9 Å². The van der Waals surface area contributed by atoms with E-state index in [-0.39, 0.29) is 12.4 Å². The standard InChI is InChI=1S/C11H13NO4.ClH/c1-15-10(13)8-5-3-7(4-6-8)9(12)11(14)16-2;/h3-6,9H,12H2,1-2H3;1H/t9-;/m0./s1. The van der Waals surface area contributed by atoms with Gasteiger partial charge in [-0.1, -0.05) is 12.1 Å². The van der Waals surface area contributed by atoms with E-state index in [0.29, 0.717) is 11.1 Å². The minimum absolute atomic E-state index is 0. The second-order valence-electron chi connectivity index (χ2n) is 3.11. The van der Waals surface area contributed by atoms with E-state index in [1.54, 1.807) is 24.3 Å². The fourth-order valence-electron chi connectivity index (χ4n) is 1.21. The summed E-state index contributed by atoms with van der Waals surface area (Å²) >= 11 is 0. The molecule has 0 heterocycles. The quantitative estimate of drug-likeness (QED) is 0.822. The number of hydrogen-bond donors (Lipinski definition) is 1. The second kappa shape index (κ2) is 6.88. The Morgan fingerprint density at radius 3 is 2.06 bits per heavy atom. The summed E-state index contributed by atoms with van der Waals surface area (Å²) in [6.07, 6.45) is 0. The SMILES string of the molecule is COC(=O)c1ccc([C@H](N)C(=O)OC)cc1.Cl. The Bertz CT molecular complexity index is 391. The van der Waals surface area contributed by atoms with Crippen LogP contribution in [0.25, 0.3) is 0 Å². The molecule has 0 spiro atoms. The highest BCUT2D eigenvalue weighted by atomic mass is 35.5. The summed E-state index contributed by atoms with van der Waals surface area (Å²) in [7, 11) is 2.57. The van der Waals surface area contributed by atoms with Crippen LogP contribution in [-0.2, 0) is 14.3 Å². The Kier molecular flexibility index (Phi) is 6.23. The fourth-order valence-corrected chi connectivity index (χ4v) is 1.21. The van der Waals surface area contributed by atoms with Crippen molar-refractivity contribution in [2.75, 3.05) is 14.2 Å². The van der Waals surface area contributed by atoms with Gasteiger partial charge < -0.3 is 15.2 Å². The highest BCUT2D eigenvalue weighted by Gasteiger charge is 2.16. The second-order valence-corrected chi connectivity index (χ2v) is 3.11. The zero-order valence-corrected chi connectivity index (χ0v) is 10.3. The largest absolute Gasteiger partial charge is 0.468 e. The van der Waals surface area contributed by atoms with E-state index >= 15 is 0 Å². The van der Waals surface area contributed by atoms with Gasteiger partial charge in [0.25, 0.3) is 0 Å². The van der Waals surface area contributed by atoms with Crippen molar-refractivity contribution in [2.45, 2.75) is 6.04 Å². The number of methoxy groups -OCH3 is 2. The van der Waals surface area contributed by atoms with Crippen LogP contribution in [0.15, 0.2) is 24.3 Å². The first-order valence-electron chi connectivity index (χ1n) is 4.62. The van der Waals surface area contributed by atoms with Crippen molar-refractivity contribution < 1.29 is 19.1 Å². The first kappa shape index (κ1) is 15.4. The maximum absolute atomic E-state index is 11.1. The molecule has 0 amide bonds. The number of carbonyl (C=O) groups excluding carboxylic acids is 2. The minimum atomic E-state index is -0.836. The molecule has 6 heteroatoms. The van der Waals surface area contributed by atoms with Crippen LogP contribution in [0.2, 0.25) is 0 Å². The number of benzene rings is 1. The van der Waals surface area contributed by atoms with E-state index in [4.69, 9.17) is 5.73 Å². The topological polar surface area (TPSA) is 78.6 Å². The van der Waals surface area contributed by atoms with E-state index < -0.39 is 18.0 Å². The summed E-state index contributed by atoms with van der Waals surface area (Å²) < 4.78 is 9.05. The number of nitrogens with two attached hydrogens (primary N) is 1. The number of halogens is 1. The molecule has 1 aromatic carbocycles. The third-order valence-electron chi connectivity index (χ3n) is 2.15. The normalized spacial score (nSPS) is 11.0. The minimum Gasteiger partial charge on any atom is -0.468 e. The van der Waals surface area contributed by atoms with Gasteiger partial charge in [0.05, 0.1) is 19.8 Å². The maximum atomic E-state index is 11.1. The van der Waals surface area contributed by atoms with Gasteiger partial charge in [0.1, 0.15) is 6.04 Å². The zero-order chi connectivity index (χ0) is 12.1. The molecule has 0 radical (unpaired) electrons. The van der Waals surface area contributed by atoms with Crippen LogP contribution in [0.1, 0.15) is 22.0 Å². The predicted molar refractivity (Wildman–Crippen MR) is 64.0 cm³/mol. The summed E-state index contributed by atoms with van der Waals surface area (Å²) in [6, 6.07) is 5.44. The van der Waals surface area contributed by atoms with Gasteiger partial charge in [0.2, 0.25) is 0 Å². The molecule has 0 saturated heterocycles. The van der Waals surface area contributed by atoms with Crippen molar-refractivity contribution in [2.24, 2.45) is 5.73 Å². The first-order valence-corrected chi connectivity index (χ1v) is 4.62. The molecule has 17 heavy (non-hydrogen) atoms. The van der Waals surface area contributed by atoms with E-state index in [9.17, 15) is 9.59 Å². The number of hydrogen-bond acceptors (Lipinski definition) is 5. The molecule has 0 aliphatic rings. The third kappa shape index (κ3) is 3.72. The van der Waals surface area contributed by atoms with Crippen LogP contribution in [0, 0.1) is 0 Å². The molecule has 94 valence electrons. The average molecular weight is 260 g/mol. The maximum Gasteiger partial charge on any atom is 0.337 e. The van der Waals surface area contributed by atoms with Crippen LogP contribution in [-0.4, -0.2) is 26.2 Å². The summed E-state index contributed by atoms with van der Waals surface area (Å²) in [5.74, 6) is -0.955. The number of rotatable bonds is 3. The molecule has 1 rings (SSSR count). The third-order valence-corrected chi connectivity index (χ3v) is 2.15. The van der Waals surface area contributed by atoms with Gasteiger partial charge in [0, 0.05) is 0 Å². The van der Waals surface area contributed by atoms with Gasteiger partial charge in [-0.15, -0.1) is 12.4 Å². The Labute approximate surface area is 105 Å². The van der Waals surface area contributed by atoms with Crippen molar-refractivity contribution >= 4 is 24.3 Å². The van der Waals surface area contributed by atoms with Gasteiger partial charge in [0.15, 0.2) is 0 Å². The zero-order valence-electron chi connectivity index (χ0n) is 9.51. The molecule has 0 aromatic heterocycles. The Hall–Kier alpha value is -1.59. The van der Waals surface area contributed by atoms with Gasteiger partial charge in [-0.05, 0) is 17.7 Å². The van der Waals surface area contributed by atoms with Crippen molar-refractivity contribution in [1.29, 1.82) is 0 Å².